The van der Waals surface area contributed by atoms with Gasteiger partial charge in [-0.05, 0) is 80.5 Å². The molecule has 3 N–H and O–H groups in total. The lowest BCUT2D eigenvalue weighted by molar-refractivity contribution is -0.119. The molecule has 15 heteroatoms. The first kappa shape index (κ1) is 37.7. The number of ether oxygens (including phenoxy) is 2. The van der Waals surface area contributed by atoms with Crippen molar-refractivity contribution < 1.29 is 46.2 Å². The molecule has 3 amide bonds. The van der Waals surface area contributed by atoms with Gasteiger partial charge in [0.15, 0.2) is 0 Å². The van der Waals surface area contributed by atoms with Crippen LogP contribution in [0.3, 0.4) is 0 Å². The first-order valence-electron chi connectivity index (χ1n) is 16.7. The first-order chi connectivity index (χ1) is 24.4. The highest BCUT2D eigenvalue weighted by atomic mass is 32.2. The maximum Gasteiger partial charge on any atom is 0.407 e. The maximum atomic E-state index is 15.6. The Balaban J connectivity index is 1.45. The van der Waals surface area contributed by atoms with Crippen molar-refractivity contribution in [2.24, 2.45) is 5.92 Å². The molecule has 0 bridgehead atoms. The number of carboxylic acid groups (broad SMARTS) is 1. The highest BCUT2D eigenvalue weighted by molar-refractivity contribution is 7.89. The summed E-state index contributed by atoms with van der Waals surface area (Å²) in [6.45, 7) is 2.30. The smallest absolute Gasteiger partial charge is 0.407 e. The van der Waals surface area contributed by atoms with Crippen LogP contribution in [-0.4, -0.2) is 92.4 Å². The summed E-state index contributed by atoms with van der Waals surface area (Å²) in [4.78, 5) is 40.0. The van der Waals surface area contributed by atoms with Gasteiger partial charge in [0.25, 0.3) is 0 Å². The van der Waals surface area contributed by atoms with Crippen molar-refractivity contribution in [1.82, 2.24) is 14.5 Å². The number of anilines is 1. The number of carbonyl (C=O) groups is 3. The van der Waals surface area contributed by atoms with E-state index in [0.717, 1.165) is 12.0 Å². The summed E-state index contributed by atoms with van der Waals surface area (Å²) < 4.78 is 69.0. The van der Waals surface area contributed by atoms with Crippen LogP contribution in [0.2, 0.25) is 0 Å². The van der Waals surface area contributed by atoms with Gasteiger partial charge in [0.05, 0.1) is 12.0 Å². The lowest BCUT2D eigenvalue weighted by Crippen LogP contribution is -2.60. The van der Waals surface area contributed by atoms with Crippen LogP contribution in [0.15, 0.2) is 77.7 Å². The lowest BCUT2D eigenvalue weighted by atomic mass is 9.76. The Bertz CT molecular complexity index is 1790. The standard InChI is InChI=1S/C36H42F2N4O8S/c1-23-21-41(36(45)46)22-27(42(23)51(47,48)28-7-4-3-5-8-28)15-16-29-30(38)9-6-10-31(29)39-34(43)33(40-35(44)49-2)32(25-17-19-50-20-18-25)24-11-13-26(37)14-12-24/h3-14,23,25,27,32-33H,15-22H2,1-2H3,(H,39,43)(H,40,44)(H,45,46)/t23?,27?,32-,33-/m0/s1. The van der Waals surface area contributed by atoms with Gasteiger partial charge in [0.2, 0.25) is 15.9 Å². The Labute approximate surface area is 295 Å². The molecule has 0 saturated carbocycles. The van der Waals surface area contributed by atoms with Gasteiger partial charge in [-0.3, -0.25) is 4.79 Å². The van der Waals surface area contributed by atoms with Gasteiger partial charge in [-0.25, -0.2) is 26.8 Å². The number of sulfonamides is 1. The van der Waals surface area contributed by atoms with E-state index in [9.17, 15) is 32.3 Å². The number of alkyl carbamates (subject to hydrolysis) is 1. The Morgan fingerprint density at radius 2 is 1.67 bits per heavy atom. The third-order valence-electron chi connectivity index (χ3n) is 9.53. The molecule has 5 rings (SSSR count). The monoisotopic (exact) mass is 728 g/mol. The zero-order chi connectivity index (χ0) is 36.7. The van der Waals surface area contributed by atoms with Gasteiger partial charge >= 0.3 is 12.2 Å². The van der Waals surface area contributed by atoms with Crippen molar-refractivity contribution in [2.45, 2.75) is 61.5 Å². The molecule has 0 spiro atoms. The summed E-state index contributed by atoms with van der Waals surface area (Å²) in [5.41, 5.74) is 0.774. The molecule has 2 fully saturated rings. The largest absolute Gasteiger partial charge is 0.465 e. The topological polar surface area (TPSA) is 155 Å². The van der Waals surface area contributed by atoms with E-state index in [1.807, 2.05) is 0 Å². The molecule has 0 radical (unpaired) electrons. The molecule has 274 valence electrons. The average molecular weight is 729 g/mol. The quantitative estimate of drug-likeness (QED) is 0.243. The van der Waals surface area contributed by atoms with Crippen molar-refractivity contribution in [3.8, 4) is 0 Å². The summed E-state index contributed by atoms with van der Waals surface area (Å²) in [7, 11) is -2.90. The number of rotatable bonds is 11. The van der Waals surface area contributed by atoms with Crippen LogP contribution < -0.4 is 10.6 Å². The number of methoxy groups -OCH3 is 1. The van der Waals surface area contributed by atoms with Crippen LogP contribution in [0.1, 0.15) is 43.2 Å². The van der Waals surface area contributed by atoms with E-state index in [1.54, 1.807) is 37.3 Å². The van der Waals surface area contributed by atoms with Crippen LogP contribution in [0.4, 0.5) is 24.1 Å². The number of piperazine rings is 1. The van der Waals surface area contributed by atoms with Gasteiger partial charge in [-0.2, -0.15) is 4.31 Å². The van der Waals surface area contributed by atoms with E-state index in [-0.39, 0.29) is 48.0 Å². The number of halogens is 2. The first-order valence-corrected chi connectivity index (χ1v) is 18.2. The predicted octanol–water partition coefficient (Wildman–Crippen LogP) is 5.21. The minimum atomic E-state index is -4.06. The molecule has 2 heterocycles. The Morgan fingerprint density at radius 3 is 2.31 bits per heavy atom. The number of benzene rings is 3. The van der Waals surface area contributed by atoms with E-state index < -0.39 is 63.8 Å². The molecule has 2 aliphatic heterocycles. The summed E-state index contributed by atoms with van der Waals surface area (Å²) in [5, 5.41) is 15.2. The molecule has 0 aliphatic carbocycles. The third-order valence-corrected chi connectivity index (χ3v) is 11.6. The fraction of sp³-hybridized carbons (Fsp3) is 0.417. The highest BCUT2D eigenvalue weighted by Crippen LogP contribution is 2.36. The Hall–Kier alpha value is -4.60. The minimum absolute atomic E-state index is 0.0219. The SMILES string of the molecule is COC(=O)N[C@H](C(=O)Nc1cccc(F)c1CCC1CN(C(=O)O)CC(C)N1S(=O)(=O)c1ccccc1)[C@@H](c1ccc(F)cc1)C1CCOCC1. The fourth-order valence-corrected chi connectivity index (χ4v) is 8.99. The number of nitrogens with zero attached hydrogens (tertiary/aromatic N) is 2. The highest BCUT2D eigenvalue weighted by Gasteiger charge is 2.42. The number of hydrogen-bond acceptors (Lipinski definition) is 7. The molecular weight excluding hydrogens is 686 g/mol. The second-order valence-corrected chi connectivity index (χ2v) is 14.6. The van der Waals surface area contributed by atoms with E-state index in [1.165, 1.54) is 46.8 Å². The number of nitrogens with one attached hydrogen (secondary N) is 2. The summed E-state index contributed by atoms with van der Waals surface area (Å²) in [6, 6.07) is 14.8. The molecule has 2 aliphatic rings. The normalized spacial score (nSPS) is 19.9. The van der Waals surface area contributed by atoms with Gasteiger partial charge in [-0.15, -0.1) is 0 Å². The van der Waals surface area contributed by atoms with E-state index >= 15 is 4.39 Å². The van der Waals surface area contributed by atoms with Crippen LogP contribution in [-0.2, 0) is 30.7 Å². The third kappa shape index (κ3) is 8.83. The number of amides is 3. The van der Waals surface area contributed by atoms with Gasteiger partial charge in [0, 0.05) is 55.6 Å². The molecule has 51 heavy (non-hydrogen) atoms. The molecule has 4 atom stereocenters. The Kier molecular flexibility index (Phi) is 12.3. The molecular formula is C36H42F2N4O8S. The zero-order valence-corrected chi connectivity index (χ0v) is 29.2. The second kappa shape index (κ2) is 16.6. The van der Waals surface area contributed by atoms with Gasteiger partial charge in [0.1, 0.15) is 17.7 Å². The summed E-state index contributed by atoms with van der Waals surface area (Å²) in [6.07, 6.45) is -0.988. The summed E-state index contributed by atoms with van der Waals surface area (Å²) in [5.74, 6) is -2.59. The molecule has 3 aromatic rings. The molecule has 2 unspecified atom stereocenters. The summed E-state index contributed by atoms with van der Waals surface area (Å²) >= 11 is 0. The van der Waals surface area contributed by atoms with Crippen LogP contribution in [0.5, 0.6) is 0 Å². The van der Waals surface area contributed by atoms with E-state index in [0.29, 0.717) is 31.6 Å². The number of carbonyl (C=O) groups excluding carboxylic acids is 2. The van der Waals surface area contributed by atoms with Crippen molar-refractivity contribution >= 4 is 33.8 Å². The molecule has 3 aromatic carbocycles. The van der Waals surface area contributed by atoms with Crippen molar-refractivity contribution in [1.29, 1.82) is 0 Å². The lowest BCUT2D eigenvalue weighted by Gasteiger charge is -2.43. The molecule has 2 saturated heterocycles. The van der Waals surface area contributed by atoms with Crippen molar-refractivity contribution in [3.05, 3.63) is 95.6 Å². The second-order valence-electron chi connectivity index (χ2n) is 12.8. The fourth-order valence-electron chi connectivity index (χ4n) is 7.14. The van der Waals surface area contributed by atoms with Crippen molar-refractivity contribution in [3.63, 3.8) is 0 Å². The molecule has 0 aromatic heterocycles. The van der Waals surface area contributed by atoms with Crippen LogP contribution in [0.25, 0.3) is 0 Å². The molecule has 12 nitrogen and oxygen atoms in total. The van der Waals surface area contributed by atoms with Crippen LogP contribution >= 0.6 is 0 Å². The Morgan fingerprint density at radius 1 is 0.980 bits per heavy atom. The van der Waals surface area contributed by atoms with Crippen molar-refractivity contribution in [2.75, 3.05) is 38.7 Å². The van der Waals surface area contributed by atoms with E-state index in [4.69, 9.17) is 9.47 Å². The predicted molar refractivity (Wildman–Crippen MR) is 184 cm³/mol. The average Bonchev–Trinajstić information content (AvgIpc) is 3.12. The van der Waals surface area contributed by atoms with Gasteiger partial charge in [-0.1, -0.05) is 36.4 Å². The zero-order valence-electron chi connectivity index (χ0n) is 28.3. The number of hydrogen-bond donors (Lipinski definition) is 3. The van der Waals surface area contributed by atoms with Crippen LogP contribution in [0, 0.1) is 17.6 Å². The van der Waals surface area contributed by atoms with E-state index in [2.05, 4.69) is 10.6 Å². The maximum absolute atomic E-state index is 15.6. The van der Waals surface area contributed by atoms with Gasteiger partial charge < -0.3 is 30.1 Å². The minimum Gasteiger partial charge on any atom is -0.465 e.